The lowest BCUT2D eigenvalue weighted by Gasteiger charge is -2.71. The van der Waals surface area contributed by atoms with Crippen LogP contribution in [0.3, 0.4) is 0 Å². The van der Waals surface area contributed by atoms with Crippen LogP contribution in [-0.4, -0.2) is 0 Å². The molecule has 0 aromatic carbocycles. The molecule has 0 bridgehead atoms. The zero-order valence-corrected chi connectivity index (χ0v) is 16.3. The molecule has 0 radical (unpaired) electrons. The van der Waals surface area contributed by atoms with E-state index < -0.39 is 0 Å². The molecule has 0 aromatic heterocycles. The number of rotatable bonds is 3. The zero-order valence-electron chi connectivity index (χ0n) is 16.3. The van der Waals surface area contributed by atoms with E-state index in [-0.39, 0.29) is 0 Å². The molecule has 0 heteroatoms. The fraction of sp³-hybridized carbons (Fsp3) is 1.00. The minimum atomic E-state index is 0.610. The molecule has 0 nitrogen and oxygen atoms in total. The molecule has 0 heterocycles. The number of fused-ring (bicyclic) bond motifs is 3. The van der Waals surface area contributed by atoms with Gasteiger partial charge >= 0.3 is 0 Å². The lowest BCUT2D eigenvalue weighted by atomic mass is 9.33. The number of hydrogen-bond donors (Lipinski definition) is 0. The van der Waals surface area contributed by atoms with E-state index in [4.69, 9.17) is 0 Å². The molecule has 4 fully saturated rings. The van der Waals surface area contributed by atoms with Crippen molar-refractivity contribution >= 4 is 0 Å². The van der Waals surface area contributed by atoms with E-state index in [0.717, 1.165) is 22.7 Å². The van der Waals surface area contributed by atoms with E-state index in [2.05, 4.69) is 27.7 Å². The van der Waals surface area contributed by atoms with E-state index in [1.165, 1.54) is 38.5 Å². The number of hydrogen-bond acceptors (Lipinski definition) is 0. The van der Waals surface area contributed by atoms with Gasteiger partial charge in [-0.2, -0.15) is 0 Å². The summed E-state index contributed by atoms with van der Waals surface area (Å²) >= 11 is 0. The van der Waals surface area contributed by atoms with Crippen LogP contribution >= 0.6 is 0 Å². The molecular weight excluding hydrogens is 276 g/mol. The van der Waals surface area contributed by atoms with Crippen molar-refractivity contribution in [2.75, 3.05) is 0 Å². The molecule has 4 aliphatic rings. The third-order valence-electron chi connectivity index (χ3n) is 10.3. The lowest BCUT2D eigenvalue weighted by molar-refractivity contribution is -0.219. The summed E-state index contributed by atoms with van der Waals surface area (Å²) in [6.07, 6.45) is 20.0. The van der Waals surface area contributed by atoms with Gasteiger partial charge in [-0.25, -0.2) is 0 Å². The van der Waals surface area contributed by atoms with Crippen molar-refractivity contribution in [3.05, 3.63) is 0 Å². The summed E-state index contributed by atoms with van der Waals surface area (Å²) in [6, 6.07) is 0. The highest BCUT2D eigenvalue weighted by Gasteiger charge is 2.69. The second-order valence-corrected chi connectivity index (χ2v) is 10.8. The van der Waals surface area contributed by atoms with Crippen molar-refractivity contribution in [2.24, 2.45) is 33.5 Å². The van der Waals surface area contributed by atoms with Crippen LogP contribution < -0.4 is 0 Å². The highest BCUT2D eigenvalue weighted by molar-refractivity contribution is 5.18. The average molecular weight is 317 g/mol. The van der Waals surface area contributed by atoms with Crippen LogP contribution in [0, 0.1) is 33.5 Å². The maximum atomic E-state index is 2.76. The van der Waals surface area contributed by atoms with Crippen LogP contribution in [-0.2, 0) is 0 Å². The summed E-state index contributed by atoms with van der Waals surface area (Å²) in [5.41, 5.74) is 2.77. The molecule has 4 saturated carbocycles. The van der Waals surface area contributed by atoms with Crippen LogP contribution in [0.4, 0.5) is 0 Å². The standard InChI is InChI=1S/C23H40/c1-5-18(2)20(3)15-16-23(13-7-6-11-21(23,4)17-20)22-12-8-9-19(22)10-14-22/h18-19H,5-17H2,1-4H3. The molecule has 0 spiro atoms. The Morgan fingerprint density at radius 2 is 1.65 bits per heavy atom. The molecule has 4 rings (SSSR count). The van der Waals surface area contributed by atoms with Gasteiger partial charge in [-0.05, 0) is 91.3 Å². The van der Waals surface area contributed by atoms with E-state index in [1.54, 1.807) is 44.9 Å². The van der Waals surface area contributed by atoms with Crippen LogP contribution in [0.1, 0.15) is 111 Å². The van der Waals surface area contributed by atoms with E-state index in [0.29, 0.717) is 10.8 Å². The van der Waals surface area contributed by atoms with Gasteiger partial charge in [0.2, 0.25) is 0 Å². The molecule has 0 aliphatic heterocycles. The molecule has 0 N–H and O–H groups in total. The first kappa shape index (κ1) is 16.5. The topological polar surface area (TPSA) is 0 Å². The molecule has 6 unspecified atom stereocenters. The smallest absolute Gasteiger partial charge is 0.0184 e. The van der Waals surface area contributed by atoms with Crippen molar-refractivity contribution in [1.82, 2.24) is 0 Å². The van der Waals surface area contributed by atoms with Crippen LogP contribution in [0.25, 0.3) is 0 Å². The van der Waals surface area contributed by atoms with Gasteiger partial charge < -0.3 is 0 Å². The molecule has 0 aromatic rings. The lowest BCUT2D eigenvalue weighted by Crippen LogP contribution is -2.63. The summed E-state index contributed by atoms with van der Waals surface area (Å²) in [5.74, 6) is 2.02. The minimum absolute atomic E-state index is 0.610. The van der Waals surface area contributed by atoms with Crippen molar-refractivity contribution in [1.29, 1.82) is 0 Å². The van der Waals surface area contributed by atoms with Gasteiger partial charge in [0.1, 0.15) is 0 Å². The van der Waals surface area contributed by atoms with E-state index >= 15 is 0 Å². The quantitative estimate of drug-likeness (QED) is 0.510. The van der Waals surface area contributed by atoms with Gasteiger partial charge in [-0.1, -0.05) is 53.4 Å². The SMILES string of the molecule is CCC(C)C1(C)CCC2(C34CCCC3CC4)CCCCC2(C)C1. The summed E-state index contributed by atoms with van der Waals surface area (Å²) in [6.45, 7) is 10.4. The van der Waals surface area contributed by atoms with E-state index in [9.17, 15) is 0 Å². The Bertz CT molecular complexity index is 467. The van der Waals surface area contributed by atoms with Crippen LogP contribution in [0.5, 0.6) is 0 Å². The maximum Gasteiger partial charge on any atom is -0.0184 e. The molecule has 23 heavy (non-hydrogen) atoms. The molecule has 4 aliphatic carbocycles. The minimum Gasteiger partial charge on any atom is -0.0651 e. The fourth-order valence-corrected chi connectivity index (χ4v) is 8.64. The first-order chi connectivity index (χ1) is 10.9. The maximum absolute atomic E-state index is 2.76. The zero-order chi connectivity index (χ0) is 16.3. The Morgan fingerprint density at radius 1 is 0.870 bits per heavy atom. The van der Waals surface area contributed by atoms with Crippen molar-refractivity contribution in [3.8, 4) is 0 Å². The predicted molar refractivity (Wildman–Crippen MR) is 99.4 cm³/mol. The van der Waals surface area contributed by atoms with Gasteiger partial charge in [-0.3, -0.25) is 0 Å². The third kappa shape index (κ3) is 1.96. The second-order valence-electron chi connectivity index (χ2n) is 10.8. The third-order valence-corrected chi connectivity index (χ3v) is 10.3. The Kier molecular flexibility index (Phi) is 3.76. The van der Waals surface area contributed by atoms with Gasteiger partial charge in [0.25, 0.3) is 0 Å². The van der Waals surface area contributed by atoms with Crippen molar-refractivity contribution in [3.63, 3.8) is 0 Å². The Balaban J connectivity index is 1.71. The molecule has 132 valence electrons. The van der Waals surface area contributed by atoms with Gasteiger partial charge in [0, 0.05) is 0 Å². The highest BCUT2D eigenvalue weighted by Crippen LogP contribution is 2.78. The summed E-state index contributed by atoms with van der Waals surface area (Å²) in [5, 5.41) is 0. The van der Waals surface area contributed by atoms with Gasteiger partial charge in [0.05, 0.1) is 0 Å². The predicted octanol–water partition coefficient (Wildman–Crippen LogP) is 7.37. The average Bonchev–Trinajstić information content (AvgIpc) is 2.81. The highest BCUT2D eigenvalue weighted by atomic mass is 14.7. The Hall–Kier alpha value is 0. The van der Waals surface area contributed by atoms with Gasteiger partial charge in [0.15, 0.2) is 0 Å². The summed E-state index contributed by atoms with van der Waals surface area (Å²) in [7, 11) is 0. The van der Waals surface area contributed by atoms with Crippen molar-refractivity contribution < 1.29 is 0 Å². The summed E-state index contributed by atoms with van der Waals surface area (Å²) < 4.78 is 0. The van der Waals surface area contributed by atoms with Crippen LogP contribution in [0.2, 0.25) is 0 Å². The normalized spacial score (nSPS) is 54.0. The Morgan fingerprint density at radius 3 is 2.30 bits per heavy atom. The monoisotopic (exact) mass is 316 g/mol. The van der Waals surface area contributed by atoms with Crippen molar-refractivity contribution in [2.45, 2.75) is 111 Å². The van der Waals surface area contributed by atoms with Crippen LogP contribution in [0.15, 0.2) is 0 Å². The summed E-state index contributed by atoms with van der Waals surface area (Å²) in [4.78, 5) is 0. The first-order valence-electron chi connectivity index (χ1n) is 10.9. The molecule has 6 atom stereocenters. The second kappa shape index (κ2) is 5.25. The largest absolute Gasteiger partial charge is 0.0651 e. The molecular formula is C23H40. The molecule has 0 saturated heterocycles. The van der Waals surface area contributed by atoms with E-state index in [1.807, 2.05) is 0 Å². The first-order valence-corrected chi connectivity index (χ1v) is 10.9. The fourth-order valence-electron chi connectivity index (χ4n) is 8.64. The Labute approximate surface area is 145 Å². The van der Waals surface area contributed by atoms with Gasteiger partial charge in [-0.15, -0.1) is 0 Å². The molecule has 0 amide bonds.